The van der Waals surface area contributed by atoms with Crippen molar-refractivity contribution in [1.82, 2.24) is 4.98 Å². The highest BCUT2D eigenvalue weighted by molar-refractivity contribution is 7.13. The third-order valence-electron chi connectivity index (χ3n) is 2.64. The summed E-state index contributed by atoms with van der Waals surface area (Å²) >= 11 is 1.52. The molecule has 1 N–H and O–H groups in total. The van der Waals surface area contributed by atoms with Crippen molar-refractivity contribution in [3.63, 3.8) is 0 Å². The van der Waals surface area contributed by atoms with Crippen molar-refractivity contribution in [2.75, 3.05) is 19.1 Å². The second kappa shape index (κ2) is 7.64. The van der Waals surface area contributed by atoms with Crippen LogP contribution in [-0.4, -0.2) is 24.9 Å². The maximum atomic E-state index is 5.67. The predicted octanol–water partition coefficient (Wildman–Crippen LogP) is 3.69. The van der Waals surface area contributed by atoms with Gasteiger partial charge in [-0.3, -0.25) is 5.43 Å². The standard InChI is InChI=1S/C15H19N3O2S/c1-4-7-20-14-8-12(5-6-13(14)19-3)9-16-18-15-17-11(2)10-21-15/h5-6,8-10H,4,7H2,1-3H3,(H,17,18)/b16-9-. The van der Waals surface area contributed by atoms with Crippen LogP contribution in [0.1, 0.15) is 24.6 Å². The summed E-state index contributed by atoms with van der Waals surface area (Å²) in [5.74, 6) is 1.46. The van der Waals surface area contributed by atoms with E-state index < -0.39 is 0 Å². The second-order valence-corrected chi connectivity index (χ2v) is 5.28. The molecule has 1 aromatic heterocycles. The van der Waals surface area contributed by atoms with Gasteiger partial charge in [0, 0.05) is 5.38 Å². The zero-order valence-corrected chi connectivity index (χ0v) is 13.2. The highest BCUT2D eigenvalue weighted by atomic mass is 32.1. The Morgan fingerprint density at radius 3 is 2.90 bits per heavy atom. The molecule has 0 spiro atoms. The van der Waals surface area contributed by atoms with Gasteiger partial charge in [-0.2, -0.15) is 5.10 Å². The van der Waals surface area contributed by atoms with E-state index in [9.17, 15) is 0 Å². The van der Waals surface area contributed by atoms with Gasteiger partial charge in [-0.15, -0.1) is 11.3 Å². The number of ether oxygens (including phenoxy) is 2. The smallest absolute Gasteiger partial charge is 0.203 e. The van der Waals surface area contributed by atoms with Gasteiger partial charge in [0.15, 0.2) is 11.5 Å². The van der Waals surface area contributed by atoms with Crippen LogP contribution in [0, 0.1) is 6.92 Å². The lowest BCUT2D eigenvalue weighted by atomic mass is 10.2. The molecule has 112 valence electrons. The van der Waals surface area contributed by atoms with Gasteiger partial charge in [0.25, 0.3) is 0 Å². The quantitative estimate of drug-likeness (QED) is 0.626. The summed E-state index contributed by atoms with van der Waals surface area (Å²) < 4.78 is 10.9. The van der Waals surface area contributed by atoms with Crippen LogP contribution in [0.4, 0.5) is 5.13 Å². The molecule has 0 fully saturated rings. The lowest BCUT2D eigenvalue weighted by Crippen LogP contribution is -1.99. The van der Waals surface area contributed by atoms with Gasteiger partial charge in [0.1, 0.15) is 0 Å². The molecule has 0 unspecified atom stereocenters. The van der Waals surface area contributed by atoms with E-state index in [4.69, 9.17) is 9.47 Å². The van der Waals surface area contributed by atoms with Gasteiger partial charge >= 0.3 is 0 Å². The number of rotatable bonds is 7. The first-order valence-electron chi connectivity index (χ1n) is 6.75. The van der Waals surface area contributed by atoms with Crippen LogP contribution in [-0.2, 0) is 0 Å². The van der Waals surface area contributed by atoms with Crippen molar-refractivity contribution in [2.45, 2.75) is 20.3 Å². The summed E-state index contributed by atoms with van der Waals surface area (Å²) in [6.07, 6.45) is 2.68. The second-order valence-electron chi connectivity index (χ2n) is 4.42. The topological polar surface area (TPSA) is 55.7 Å². The highest BCUT2D eigenvalue weighted by Gasteiger charge is 2.04. The Bertz CT molecular complexity index is 611. The first kappa shape index (κ1) is 15.3. The predicted molar refractivity (Wildman–Crippen MR) is 86.8 cm³/mol. The molecule has 5 nitrogen and oxygen atoms in total. The Hall–Kier alpha value is -2.08. The molecule has 0 aliphatic rings. The van der Waals surface area contributed by atoms with E-state index in [1.54, 1.807) is 13.3 Å². The van der Waals surface area contributed by atoms with Crippen molar-refractivity contribution in [2.24, 2.45) is 5.10 Å². The Kier molecular flexibility index (Phi) is 5.57. The van der Waals surface area contributed by atoms with Crippen molar-refractivity contribution in [3.8, 4) is 11.5 Å². The van der Waals surface area contributed by atoms with Gasteiger partial charge in [0.05, 0.1) is 25.6 Å². The number of anilines is 1. The summed E-state index contributed by atoms with van der Waals surface area (Å²) in [5, 5.41) is 6.93. The normalized spacial score (nSPS) is 10.8. The van der Waals surface area contributed by atoms with Crippen LogP contribution in [0.3, 0.4) is 0 Å². The zero-order valence-electron chi connectivity index (χ0n) is 12.4. The molecule has 2 aromatic rings. The summed E-state index contributed by atoms with van der Waals surface area (Å²) in [5.41, 5.74) is 4.83. The summed E-state index contributed by atoms with van der Waals surface area (Å²) in [6.45, 7) is 4.68. The molecule has 0 atom stereocenters. The van der Waals surface area contributed by atoms with Crippen LogP contribution in [0.2, 0.25) is 0 Å². The third kappa shape index (κ3) is 4.46. The van der Waals surface area contributed by atoms with Crippen LogP contribution >= 0.6 is 11.3 Å². The number of thiazole rings is 1. The first-order chi connectivity index (χ1) is 10.2. The lowest BCUT2D eigenvalue weighted by molar-refractivity contribution is 0.294. The number of nitrogens with zero attached hydrogens (tertiary/aromatic N) is 2. The fraction of sp³-hybridized carbons (Fsp3) is 0.333. The average Bonchev–Trinajstić information content (AvgIpc) is 2.91. The Labute approximate surface area is 128 Å². The fourth-order valence-corrected chi connectivity index (χ4v) is 2.30. The number of hydrogen-bond donors (Lipinski definition) is 1. The van der Waals surface area contributed by atoms with Gasteiger partial charge in [-0.25, -0.2) is 4.98 Å². The number of methoxy groups -OCH3 is 1. The highest BCUT2D eigenvalue weighted by Crippen LogP contribution is 2.27. The van der Waals surface area contributed by atoms with Crippen molar-refractivity contribution in [1.29, 1.82) is 0 Å². The maximum absolute atomic E-state index is 5.67. The number of aromatic nitrogens is 1. The first-order valence-corrected chi connectivity index (χ1v) is 7.63. The molecule has 0 saturated heterocycles. The van der Waals surface area contributed by atoms with E-state index >= 15 is 0 Å². The minimum atomic E-state index is 0.660. The Balaban J connectivity index is 2.05. The van der Waals surface area contributed by atoms with Gasteiger partial charge in [-0.1, -0.05) is 6.92 Å². The maximum Gasteiger partial charge on any atom is 0.203 e. The lowest BCUT2D eigenvalue weighted by Gasteiger charge is -2.10. The molecule has 0 saturated carbocycles. The average molecular weight is 305 g/mol. The molecule has 2 rings (SSSR count). The molecule has 0 aliphatic heterocycles. The molecule has 1 heterocycles. The van der Waals surface area contributed by atoms with E-state index in [1.807, 2.05) is 30.5 Å². The van der Waals surface area contributed by atoms with Crippen LogP contribution in [0.5, 0.6) is 11.5 Å². The monoisotopic (exact) mass is 305 g/mol. The van der Waals surface area contributed by atoms with Gasteiger partial charge < -0.3 is 9.47 Å². The van der Waals surface area contributed by atoms with Crippen molar-refractivity contribution in [3.05, 3.63) is 34.8 Å². The largest absolute Gasteiger partial charge is 0.493 e. The molecule has 0 bridgehead atoms. The van der Waals surface area contributed by atoms with Crippen molar-refractivity contribution >= 4 is 22.7 Å². The number of benzene rings is 1. The zero-order chi connectivity index (χ0) is 15.1. The SMILES string of the molecule is CCCOc1cc(/C=N\Nc2nc(C)cs2)ccc1OC. The molecule has 0 amide bonds. The van der Waals surface area contributed by atoms with E-state index in [-0.39, 0.29) is 0 Å². The Morgan fingerprint density at radius 2 is 2.24 bits per heavy atom. The van der Waals surface area contributed by atoms with Crippen LogP contribution in [0.15, 0.2) is 28.7 Å². The van der Waals surface area contributed by atoms with E-state index in [1.165, 1.54) is 11.3 Å². The van der Waals surface area contributed by atoms with E-state index in [2.05, 4.69) is 22.4 Å². The number of nitrogens with one attached hydrogen (secondary N) is 1. The molecular formula is C15H19N3O2S. The number of hydrogen-bond acceptors (Lipinski definition) is 6. The summed E-state index contributed by atoms with van der Waals surface area (Å²) in [7, 11) is 1.63. The van der Waals surface area contributed by atoms with Gasteiger partial charge in [-0.05, 0) is 37.1 Å². The van der Waals surface area contributed by atoms with Crippen molar-refractivity contribution < 1.29 is 9.47 Å². The number of hydrazone groups is 1. The summed E-state index contributed by atoms with van der Waals surface area (Å²) in [4.78, 5) is 4.28. The minimum Gasteiger partial charge on any atom is -0.493 e. The molecule has 0 aliphatic carbocycles. The molecule has 6 heteroatoms. The third-order valence-corrected chi connectivity index (χ3v) is 3.51. The molecule has 1 aromatic carbocycles. The minimum absolute atomic E-state index is 0.660. The molecular weight excluding hydrogens is 286 g/mol. The summed E-state index contributed by atoms with van der Waals surface area (Å²) in [6, 6.07) is 5.71. The van der Waals surface area contributed by atoms with Gasteiger partial charge in [0.2, 0.25) is 5.13 Å². The Morgan fingerprint density at radius 1 is 1.38 bits per heavy atom. The molecule has 21 heavy (non-hydrogen) atoms. The van der Waals surface area contributed by atoms with Crippen LogP contribution < -0.4 is 14.9 Å². The van der Waals surface area contributed by atoms with E-state index in [0.717, 1.165) is 34.3 Å². The number of aryl methyl sites for hydroxylation is 1. The fourth-order valence-electron chi connectivity index (χ4n) is 1.67. The van der Waals surface area contributed by atoms with Crippen LogP contribution in [0.25, 0.3) is 0 Å². The van der Waals surface area contributed by atoms with E-state index in [0.29, 0.717) is 6.61 Å². The molecule has 0 radical (unpaired) electrons.